The zero-order chi connectivity index (χ0) is 24.4. The number of hydrogen-bond acceptors (Lipinski definition) is 6. The van der Waals surface area contributed by atoms with Crippen LogP contribution in [0, 0.1) is 0 Å². The van der Waals surface area contributed by atoms with Gasteiger partial charge in [0, 0.05) is 35.6 Å². The molecule has 2 unspecified atom stereocenters. The Balaban J connectivity index is 1.70. The van der Waals surface area contributed by atoms with Crippen LogP contribution >= 0.6 is 0 Å². The number of rotatable bonds is 7. The molecule has 2 atom stereocenters. The molecule has 2 aromatic rings. The molecule has 34 heavy (non-hydrogen) atoms. The number of carbonyl (C=O) groups is 2. The molecule has 1 aliphatic carbocycles. The Kier molecular flexibility index (Phi) is 6.82. The highest BCUT2D eigenvalue weighted by Crippen LogP contribution is 2.47. The van der Waals surface area contributed by atoms with Crippen LogP contribution in [-0.2, 0) is 9.59 Å². The zero-order valence-electron chi connectivity index (χ0n) is 20.3. The van der Waals surface area contributed by atoms with Gasteiger partial charge >= 0.3 is 0 Å². The highest BCUT2D eigenvalue weighted by Gasteiger charge is 2.39. The second-order valence-electron chi connectivity index (χ2n) is 8.89. The van der Waals surface area contributed by atoms with Crippen LogP contribution in [0.1, 0.15) is 56.1 Å². The minimum absolute atomic E-state index is 0.0201. The maximum absolute atomic E-state index is 13.5. The summed E-state index contributed by atoms with van der Waals surface area (Å²) in [5.41, 5.74) is 3.11. The molecule has 180 valence electrons. The summed E-state index contributed by atoms with van der Waals surface area (Å²) in [5.74, 6) is 1.90. The van der Waals surface area contributed by atoms with Crippen molar-refractivity contribution in [2.75, 3.05) is 21.3 Å². The van der Waals surface area contributed by atoms with E-state index in [1.165, 1.54) is 0 Å². The number of carbonyl (C=O) groups excluding carboxylic acids is 2. The van der Waals surface area contributed by atoms with E-state index in [4.69, 9.17) is 18.9 Å². The van der Waals surface area contributed by atoms with Gasteiger partial charge in [0.25, 0.3) is 0 Å². The molecular weight excluding hydrogens is 434 g/mol. The lowest BCUT2D eigenvalue weighted by atomic mass is 9.73. The number of allylic oxidation sites excluding steroid dienone is 2. The second-order valence-corrected chi connectivity index (χ2v) is 8.89. The second kappa shape index (κ2) is 9.79. The zero-order valence-corrected chi connectivity index (χ0v) is 20.3. The van der Waals surface area contributed by atoms with Crippen LogP contribution in [0.3, 0.4) is 0 Å². The standard InChI is InChI=1S/C27H31NO6/c1-15(2)34-22-10-9-16(13-24(22)32-4)17-11-20-26(21(29)12-17)19(14-25(30)28-20)18-7-6-8-23(31-3)27(18)33-5/h6-10,13,15,17,19H,11-12,14H2,1-5H3,(H,28,30). The first kappa shape index (κ1) is 23.7. The fourth-order valence-corrected chi connectivity index (χ4v) is 4.94. The summed E-state index contributed by atoms with van der Waals surface area (Å²) in [7, 11) is 4.74. The average Bonchev–Trinajstić information content (AvgIpc) is 2.82. The van der Waals surface area contributed by atoms with Crippen molar-refractivity contribution < 1.29 is 28.5 Å². The summed E-state index contributed by atoms with van der Waals surface area (Å²) in [5, 5.41) is 2.97. The first-order valence-electron chi connectivity index (χ1n) is 11.5. The number of nitrogens with one attached hydrogen (secondary N) is 1. The molecule has 1 heterocycles. The SMILES string of the molecule is COc1cc(C2CC(=O)C3=C(C2)NC(=O)CC3c2cccc(OC)c2OC)ccc1OC(C)C. The largest absolute Gasteiger partial charge is 0.493 e. The smallest absolute Gasteiger partial charge is 0.225 e. The molecule has 7 heteroatoms. The summed E-state index contributed by atoms with van der Waals surface area (Å²) in [4.78, 5) is 26.2. The molecule has 0 spiro atoms. The molecule has 1 amide bonds. The first-order valence-corrected chi connectivity index (χ1v) is 11.5. The molecular formula is C27H31NO6. The van der Waals surface area contributed by atoms with Crippen molar-refractivity contribution in [2.24, 2.45) is 0 Å². The highest BCUT2D eigenvalue weighted by molar-refractivity contribution is 6.02. The quantitative estimate of drug-likeness (QED) is 0.648. The van der Waals surface area contributed by atoms with Crippen LogP contribution in [0.4, 0.5) is 0 Å². The van der Waals surface area contributed by atoms with Crippen molar-refractivity contribution in [2.45, 2.75) is 51.0 Å². The molecule has 2 aliphatic rings. The van der Waals surface area contributed by atoms with E-state index in [0.717, 1.165) is 11.1 Å². The van der Waals surface area contributed by atoms with Crippen molar-refractivity contribution in [3.63, 3.8) is 0 Å². The topological polar surface area (TPSA) is 83.1 Å². The Labute approximate surface area is 200 Å². The third-order valence-electron chi connectivity index (χ3n) is 6.37. The number of amides is 1. The van der Waals surface area contributed by atoms with Crippen LogP contribution in [0.25, 0.3) is 0 Å². The van der Waals surface area contributed by atoms with Crippen LogP contribution in [0.2, 0.25) is 0 Å². The molecule has 0 fully saturated rings. The van der Waals surface area contributed by atoms with E-state index in [-0.39, 0.29) is 36.1 Å². The van der Waals surface area contributed by atoms with Gasteiger partial charge in [0.1, 0.15) is 0 Å². The molecule has 0 bridgehead atoms. The molecule has 2 aromatic carbocycles. The lowest BCUT2D eigenvalue weighted by molar-refractivity contribution is -0.122. The van der Waals surface area contributed by atoms with Crippen LogP contribution in [-0.4, -0.2) is 39.1 Å². The molecule has 0 radical (unpaired) electrons. The van der Waals surface area contributed by atoms with Gasteiger partial charge in [-0.2, -0.15) is 0 Å². The average molecular weight is 466 g/mol. The van der Waals surface area contributed by atoms with E-state index >= 15 is 0 Å². The first-order chi connectivity index (χ1) is 16.4. The fourth-order valence-electron chi connectivity index (χ4n) is 4.94. The fraction of sp³-hybridized carbons (Fsp3) is 0.407. The predicted octanol–water partition coefficient (Wildman–Crippen LogP) is 4.50. The van der Waals surface area contributed by atoms with Crippen molar-refractivity contribution in [1.82, 2.24) is 5.32 Å². The van der Waals surface area contributed by atoms with E-state index in [9.17, 15) is 9.59 Å². The molecule has 1 aliphatic heterocycles. The Morgan fingerprint density at radius 1 is 0.882 bits per heavy atom. The van der Waals surface area contributed by atoms with E-state index in [1.54, 1.807) is 27.4 Å². The monoisotopic (exact) mass is 465 g/mol. The molecule has 0 saturated carbocycles. The number of ketones is 1. The Morgan fingerprint density at radius 2 is 1.65 bits per heavy atom. The van der Waals surface area contributed by atoms with Crippen molar-refractivity contribution in [3.05, 3.63) is 58.8 Å². The lowest BCUT2D eigenvalue weighted by Gasteiger charge is -2.35. The van der Waals surface area contributed by atoms with E-state index in [0.29, 0.717) is 47.1 Å². The predicted molar refractivity (Wildman–Crippen MR) is 128 cm³/mol. The number of ether oxygens (including phenoxy) is 4. The van der Waals surface area contributed by atoms with Crippen molar-refractivity contribution in [1.29, 1.82) is 0 Å². The normalized spacial score (nSPS) is 20.1. The van der Waals surface area contributed by atoms with Crippen molar-refractivity contribution >= 4 is 11.7 Å². The third kappa shape index (κ3) is 4.47. The number of Topliss-reactive ketones (excluding diaryl/α,β-unsaturated/α-hetero) is 1. The van der Waals surface area contributed by atoms with Gasteiger partial charge in [0.05, 0.1) is 27.4 Å². The summed E-state index contributed by atoms with van der Waals surface area (Å²) >= 11 is 0. The Morgan fingerprint density at radius 3 is 2.32 bits per heavy atom. The van der Waals surface area contributed by atoms with Gasteiger partial charge in [-0.15, -0.1) is 0 Å². The third-order valence-corrected chi connectivity index (χ3v) is 6.37. The lowest BCUT2D eigenvalue weighted by Crippen LogP contribution is -2.38. The number of para-hydroxylation sites is 1. The molecule has 0 aromatic heterocycles. The Hall–Kier alpha value is -3.48. The van der Waals surface area contributed by atoms with E-state index in [1.807, 2.05) is 44.2 Å². The van der Waals surface area contributed by atoms with Gasteiger partial charge in [-0.05, 0) is 49.9 Å². The van der Waals surface area contributed by atoms with Gasteiger partial charge in [-0.3, -0.25) is 9.59 Å². The number of hydrogen-bond donors (Lipinski definition) is 1. The summed E-state index contributed by atoms with van der Waals surface area (Å²) in [6.07, 6.45) is 1.12. The molecule has 4 rings (SSSR count). The van der Waals surface area contributed by atoms with Gasteiger partial charge in [-0.25, -0.2) is 0 Å². The van der Waals surface area contributed by atoms with E-state index < -0.39 is 0 Å². The Bertz CT molecular complexity index is 1140. The molecule has 1 N–H and O–H groups in total. The summed E-state index contributed by atoms with van der Waals surface area (Å²) in [6, 6.07) is 11.3. The number of methoxy groups -OCH3 is 3. The summed E-state index contributed by atoms with van der Waals surface area (Å²) in [6.45, 7) is 3.92. The maximum Gasteiger partial charge on any atom is 0.225 e. The molecule has 7 nitrogen and oxygen atoms in total. The summed E-state index contributed by atoms with van der Waals surface area (Å²) < 4.78 is 22.4. The van der Waals surface area contributed by atoms with Crippen LogP contribution < -0.4 is 24.3 Å². The highest BCUT2D eigenvalue weighted by atomic mass is 16.5. The minimum Gasteiger partial charge on any atom is -0.493 e. The van der Waals surface area contributed by atoms with Crippen LogP contribution in [0.15, 0.2) is 47.7 Å². The van der Waals surface area contributed by atoms with Gasteiger partial charge < -0.3 is 24.3 Å². The van der Waals surface area contributed by atoms with Crippen LogP contribution in [0.5, 0.6) is 23.0 Å². The van der Waals surface area contributed by atoms with Gasteiger partial charge in [-0.1, -0.05) is 18.2 Å². The van der Waals surface area contributed by atoms with Crippen molar-refractivity contribution in [3.8, 4) is 23.0 Å². The van der Waals surface area contributed by atoms with E-state index in [2.05, 4.69) is 5.32 Å². The molecule has 0 saturated heterocycles. The maximum atomic E-state index is 13.5. The minimum atomic E-state index is -0.376. The van der Waals surface area contributed by atoms with Gasteiger partial charge in [0.2, 0.25) is 5.91 Å². The number of benzene rings is 2. The van der Waals surface area contributed by atoms with Gasteiger partial charge in [0.15, 0.2) is 28.8 Å².